The molecule has 336 valence electrons. The molecular formula is C66H67N. The topological polar surface area (TPSA) is 12.0 Å². The van der Waals surface area contributed by atoms with Crippen molar-refractivity contribution in [2.45, 2.75) is 93.9 Å². The number of hydrogen-bond acceptors (Lipinski definition) is 1. The summed E-state index contributed by atoms with van der Waals surface area (Å²) in [5.41, 5.74) is 29.0. The van der Waals surface area contributed by atoms with E-state index >= 15 is 0 Å². The van der Waals surface area contributed by atoms with Gasteiger partial charge in [0.1, 0.15) is 0 Å². The molecule has 0 spiro atoms. The Morgan fingerprint density at radius 1 is 0.582 bits per heavy atom. The average Bonchev–Trinajstić information content (AvgIpc) is 3.83. The fourth-order valence-electron chi connectivity index (χ4n) is 10.7. The third-order valence-electron chi connectivity index (χ3n) is 14.0. The maximum Gasteiger partial charge on any atom is 0.0427 e. The molecule has 3 aliphatic rings. The van der Waals surface area contributed by atoms with Crippen molar-refractivity contribution in [2.75, 3.05) is 5.32 Å². The molecule has 3 aliphatic carbocycles. The first-order valence-corrected chi connectivity index (χ1v) is 24.6. The van der Waals surface area contributed by atoms with Crippen LogP contribution in [0.4, 0.5) is 5.69 Å². The Labute approximate surface area is 402 Å². The Kier molecular flexibility index (Phi) is 14.1. The molecule has 0 aliphatic heterocycles. The van der Waals surface area contributed by atoms with Gasteiger partial charge in [-0.25, -0.2) is 0 Å². The molecule has 0 radical (unpaired) electrons. The van der Waals surface area contributed by atoms with Crippen molar-refractivity contribution in [3.8, 4) is 44.5 Å². The number of aryl methyl sites for hydroxylation is 3. The second-order valence-corrected chi connectivity index (χ2v) is 18.2. The van der Waals surface area contributed by atoms with Gasteiger partial charge in [0.05, 0.1) is 0 Å². The Balaban J connectivity index is 0.00000148. The second-order valence-electron chi connectivity index (χ2n) is 18.2. The highest BCUT2D eigenvalue weighted by Crippen LogP contribution is 2.52. The van der Waals surface area contributed by atoms with Gasteiger partial charge in [-0.15, -0.1) is 0 Å². The fourth-order valence-corrected chi connectivity index (χ4v) is 10.7. The summed E-state index contributed by atoms with van der Waals surface area (Å²) in [6, 6.07) is 51.6. The number of nitrogens with one attached hydrogen (secondary N) is 1. The van der Waals surface area contributed by atoms with Gasteiger partial charge in [-0.3, -0.25) is 0 Å². The SMILES string of the molecule is CC.CC.Cc1cc2c(cc1\C=C/C(=C\C=C\Nc1cccc3c1C(C)(C)C1=C3C=CCC1)c1ccccc1)Cc1cc(-c3cccc(C)c3-c3cccc(-c4ccccc4C)c3C)ccc1-2. The number of allylic oxidation sites excluding steroid dienone is 8. The summed E-state index contributed by atoms with van der Waals surface area (Å²) >= 11 is 0. The molecule has 67 heavy (non-hydrogen) atoms. The van der Waals surface area contributed by atoms with Gasteiger partial charge in [-0.2, -0.15) is 0 Å². The van der Waals surface area contributed by atoms with E-state index in [1.165, 1.54) is 111 Å². The van der Waals surface area contributed by atoms with E-state index in [2.05, 4.69) is 229 Å². The van der Waals surface area contributed by atoms with E-state index in [1.807, 2.05) is 27.7 Å². The zero-order valence-electron chi connectivity index (χ0n) is 41.4. The first-order chi connectivity index (χ1) is 32.7. The summed E-state index contributed by atoms with van der Waals surface area (Å²) in [6.07, 6.45) is 18.9. The van der Waals surface area contributed by atoms with Crippen molar-refractivity contribution < 1.29 is 0 Å². The zero-order valence-corrected chi connectivity index (χ0v) is 41.4. The summed E-state index contributed by atoms with van der Waals surface area (Å²) < 4.78 is 0. The molecule has 0 aromatic heterocycles. The summed E-state index contributed by atoms with van der Waals surface area (Å²) in [5, 5.41) is 3.68. The quantitative estimate of drug-likeness (QED) is 0.143. The van der Waals surface area contributed by atoms with Gasteiger partial charge in [0.2, 0.25) is 0 Å². The van der Waals surface area contributed by atoms with Gasteiger partial charge in [0.15, 0.2) is 0 Å². The normalized spacial score (nSPS) is 14.2. The lowest BCUT2D eigenvalue weighted by atomic mass is 9.78. The van der Waals surface area contributed by atoms with Gasteiger partial charge in [-0.1, -0.05) is 211 Å². The van der Waals surface area contributed by atoms with E-state index in [-0.39, 0.29) is 5.41 Å². The summed E-state index contributed by atoms with van der Waals surface area (Å²) in [5.74, 6) is 0. The van der Waals surface area contributed by atoms with Crippen LogP contribution in [0.1, 0.15) is 110 Å². The number of hydrogen-bond donors (Lipinski definition) is 1. The second kappa shape index (κ2) is 20.3. The third kappa shape index (κ3) is 9.01. The Morgan fingerprint density at radius 2 is 1.25 bits per heavy atom. The molecule has 1 heteroatoms. The number of benzene rings is 7. The number of rotatable bonds is 9. The van der Waals surface area contributed by atoms with E-state index < -0.39 is 0 Å². The first-order valence-electron chi connectivity index (χ1n) is 24.6. The highest BCUT2D eigenvalue weighted by atomic mass is 14.8. The summed E-state index contributed by atoms with van der Waals surface area (Å²) in [7, 11) is 0. The molecule has 0 fully saturated rings. The lowest BCUT2D eigenvalue weighted by molar-refractivity contribution is 0.609. The number of fused-ring (bicyclic) bond motifs is 5. The molecule has 0 heterocycles. The third-order valence-corrected chi connectivity index (χ3v) is 14.0. The van der Waals surface area contributed by atoms with Crippen molar-refractivity contribution in [3.63, 3.8) is 0 Å². The van der Waals surface area contributed by atoms with Crippen molar-refractivity contribution in [3.05, 3.63) is 237 Å². The van der Waals surface area contributed by atoms with Gasteiger partial charge < -0.3 is 5.32 Å². The van der Waals surface area contributed by atoms with Gasteiger partial charge in [0, 0.05) is 17.3 Å². The van der Waals surface area contributed by atoms with Crippen LogP contribution in [0.25, 0.3) is 61.7 Å². The Morgan fingerprint density at radius 3 is 2.06 bits per heavy atom. The van der Waals surface area contributed by atoms with Gasteiger partial charge in [0.25, 0.3) is 0 Å². The smallest absolute Gasteiger partial charge is 0.0427 e. The van der Waals surface area contributed by atoms with E-state index in [0.29, 0.717) is 0 Å². The molecule has 7 aromatic rings. The first kappa shape index (κ1) is 46.6. The predicted molar refractivity (Wildman–Crippen MR) is 294 cm³/mol. The molecule has 1 N–H and O–H groups in total. The van der Waals surface area contributed by atoms with Gasteiger partial charge in [-0.05, 0) is 170 Å². The molecular weight excluding hydrogens is 807 g/mol. The molecule has 7 aromatic carbocycles. The van der Waals surface area contributed by atoms with Crippen LogP contribution in [-0.4, -0.2) is 0 Å². The Hall–Kier alpha value is -6.96. The maximum absolute atomic E-state index is 3.68. The minimum absolute atomic E-state index is 0.0112. The zero-order chi connectivity index (χ0) is 47.2. The number of anilines is 1. The predicted octanol–water partition coefficient (Wildman–Crippen LogP) is 18.7. The molecule has 0 saturated heterocycles. The van der Waals surface area contributed by atoms with Crippen molar-refractivity contribution in [1.82, 2.24) is 0 Å². The highest BCUT2D eigenvalue weighted by molar-refractivity contribution is 5.93. The Bertz CT molecular complexity index is 3100. The molecule has 0 saturated carbocycles. The largest absolute Gasteiger partial charge is 0.361 e. The summed E-state index contributed by atoms with van der Waals surface area (Å²) in [6.45, 7) is 21.8. The van der Waals surface area contributed by atoms with Crippen LogP contribution in [0.3, 0.4) is 0 Å². The van der Waals surface area contributed by atoms with Gasteiger partial charge >= 0.3 is 0 Å². The molecule has 0 atom stereocenters. The van der Waals surface area contributed by atoms with E-state index in [1.54, 1.807) is 5.57 Å². The summed E-state index contributed by atoms with van der Waals surface area (Å²) in [4.78, 5) is 0. The van der Waals surface area contributed by atoms with E-state index in [9.17, 15) is 0 Å². The lowest BCUT2D eigenvalue weighted by Crippen LogP contribution is -2.19. The van der Waals surface area contributed by atoms with Crippen LogP contribution in [0.2, 0.25) is 0 Å². The van der Waals surface area contributed by atoms with Crippen LogP contribution < -0.4 is 5.32 Å². The minimum atomic E-state index is 0.0112. The fraction of sp³-hybridized carbons (Fsp3) is 0.212. The van der Waals surface area contributed by atoms with Crippen molar-refractivity contribution in [2.24, 2.45) is 0 Å². The van der Waals surface area contributed by atoms with Crippen LogP contribution in [0.15, 0.2) is 182 Å². The lowest BCUT2D eigenvalue weighted by Gasteiger charge is -2.27. The average molecular weight is 874 g/mol. The molecule has 10 rings (SSSR count). The standard InChI is InChI=1S/C62H55N.2C2H6/c1-40-18-10-11-23-50(40)51-25-15-26-52(43(51)4)60-41(2)19-14-27-54(60)47-33-34-53-48(38-47)39-49-37-46(42(3)36-57(49)53)32-31-45(44-20-8-7-9-21-44)22-17-35-63-59-30-16-28-56-55-24-12-13-29-58(55)62(5,6)61(56)59;2*1-2/h7-12,14-28,30-38,63H,13,29,39H2,1-6H3;2*1-2H3/b32-31-,35-17+,45-22+;;. The van der Waals surface area contributed by atoms with Crippen LogP contribution >= 0.6 is 0 Å². The van der Waals surface area contributed by atoms with Crippen LogP contribution in [0, 0.1) is 27.7 Å². The molecule has 0 unspecified atom stereocenters. The van der Waals surface area contributed by atoms with Crippen molar-refractivity contribution in [1.29, 1.82) is 0 Å². The molecule has 0 amide bonds. The molecule has 0 bridgehead atoms. The van der Waals surface area contributed by atoms with E-state index in [4.69, 9.17) is 0 Å². The monoisotopic (exact) mass is 874 g/mol. The minimum Gasteiger partial charge on any atom is -0.361 e. The molecule has 1 nitrogen and oxygen atoms in total. The van der Waals surface area contributed by atoms with E-state index in [0.717, 1.165) is 24.8 Å². The highest BCUT2D eigenvalue weighted by Gasteiger charge is 2.39. The van der Waals surface area contributed by atoms with Crippen LogP contribution in [0.5, 0.6) is 0 Å². The maximum atomic E-state index is 3.68. The van der Waals surface area contributed by atoms with Crippen LogP contribution in [-0.2, 0) is 11.8 Å². The van der Waals surface area contributed by atoms with Crippen molar-refractivity contribution >= 4 is 22.9 Å².